The Labute approximate surface area is 218 Å². The molecule has 0 spiro atoms. The van der Waals surface area contributed by atoms with Crippen LogP contribution >= 0.6 is 23.8 Å². The Bertz CT molecular complexity index is 1480. The first-order valence-electron chi connectivity index (χ1n) is 11.1. The smallest absolute Gasteiger partial charge is 0.270 e. The van der Waals surface area contributed by atoms with Crippen molar-refractivity contribution < 1.29 is 14.3 Å². The molecule has 7 heteroatoms. The van der Waals surface area contributed by atoms with Gasteiger partial charge < -0.3 is 4.74 Å². The van der Waals surface area contributed by atoms with Crippen LogP contribution < -0.4 is 15.0 Å². The predicted molar refractivity (Wildman–Crippen MR) is 146 cm³/mol. The number of carbonyl (C=O) groups is 2. The fraction of sp³-hybridized carbons (Fsp3) is 0. The van der Waals surface area contributed by atoms with Crippen LogP contribution in [0.3, 0.4) is 0 Å². The standard InChI is InChI=1S/C29H19ClN2O3S/c30-21-12-10-19(11-13-21)25-9-5-4-6-20(25)18-26-27(33)31-29(36)32(28(26)34)22-14-16-24(17-15-22)35-23-7-2-1-3-8-23/h1-18H,(H,31,33,36)/b26-18+. The molecule has 1 fully saturated rings. The minimum absolute atomic E-state index is 0.0184. The lowest BCUT2D eigenvalue weighted by Crippen LogP contribution is -2.54. The Morgan fingerprint density at radius 1 is 0.778 bits per heavy atom. The molecule has 4 aromatic carbocycles. The molecular formula is C29H19ClN2O3S. The number of nitrogens with one attached hydrogen (secondary N) is 1. The molecule has 0 atom stereocenters. The molecule has 0 saturated carbocycles. The lowest BCUT2D eigenvalue weighted by Gasteiger charge is -2.29. The minimum atomic E-state index is -0.545. The number of para-hydroxylation sites is 1. The van der Waals surface area contributed by atoms with Crippen molar-refractivity contribution in [2.24, 2.45) is 0 Å². The molecule has 176 valence electrons. The van der Waals surface area contributed by atoms with E-state index in [1.54, 1.807) is 42.5 Å². The van der Waals surface area contributed by atoms with Gasteiger partial charge in [-0.3, -0.25) is 19.8 Å². The van der Waals surface area contributed by atoms with E-state index < -0.39 is 11.8 Å². The van der Waals surface area contributed by atoms with E-state index in [2.05, 4.69) is 5.32 Å². The van der Waals surface area contributed by atoms with Gasteiger partial charge >= 0.3 is 0 Å². The fourth-order valence-electron chi connectivity index (χ4n) is 3.85. The number of halogens is 1. The Hall–Kier alpha value is -4.26. The number of nitrogens with zero attached hydrogens (tertiary/aromatic N) is 1. The maximum absolute atomic E-state index is 13.5. The van der Waals surface area contributed by atoms with Gasteiger partial charge in [0, 0.05) is 5.02 Å². The first kappa shape index (κ1) is 23.5. The molecule has 1 aliphatic rings. The number of benzene rings is 4. The molecule has 1 heterocycles. The summed E-state index contributed by atoms with van der Waals surface area (Å²) in [5.41, 5.74) is 3.00. The van der Waals surface area contributed by atoms with Crippen molar-refractivity contribution in [2.45, 2.75) is 0 Å². The third-order valence-electron chi connectivity index (χ3n) is 5.59. The van der Waals surface area contributed by atoms with Crippen molar-refractivity contribution >= 4 is 52.5 Å². The topological polar surface area (TPSA) is 58.6 Å². The van der Waals surface area contributed by atoms with Crippen LogP contribution in [0, 0.1) is 0 Å². The van der Waals surface area contributed by atoms with E-state index in [1.807, 2.05) is 66.7 Å². The van der Waals surface area contributed by atoms with Gasteiger partial charge in [-0.2, -0.15) is 0 Å². The normalized spacial score (nSPS) is 14.6. The van der Waals surface area contributed by atoms with Crippen LogP contribution in [-0.4, -0.2) is 16.9 Å². The molecular weight excluding hydrogens is 492 g/mol. The summed E-state index contributed by atoms with van der Waals surface area (Å²) in [5, 5.41) is 3.27. The molecule has 0 radical (unpaired) electrons. The summed E-state index contributed by atoms with van der Waals surface area (Å²) in [6, 6.07) is 31.2. The fourth-order valence-corrected chi connectivity index (χ4v) is 4.26. The van der Waals surface area contributed by atoms with E-state index in [9.17, 15) is 9.59 Å². The van der Waals surface area contributed by atoms with E-state index in [0.717, 1.165) is 16.7 Å². The van der Waals surface area contributed by atoms with E-state index in [4.69, 9.17) is 28.6 Å². The highest BCUT2D eigenvalue weighted by Crippen LogP contribution is 2.30. The summed E-state index contributed by atoms with van der Waals surface area (Å²) in [7, 11) is 0. The summed E-state index contributed by atoms with van der Waals surface area (Å²) < 4.78 is 5.83. The lowest BCUT2D eigenvalue weighted by atomic mass is 9.97. The molecule has 0 aromatic heterocycles. The van der Waals surface area contributed by atoms with Gasteiger partial charge in [0.05, 0.1) is 5.69 Å². The second kappa shape index (κ2) is 10.2. The molecule has 0 aliphatic carbocycles. The number of anilines is 1. The molecule has 2 amide bonds. The van der Waals surface area contributed by atoms with Crippen LogP contribution in [0.4, 0.5) is 5.69 Å². The zero-order chi connectivity index (χ0) is 25.1. The minimum Gasteiger partial charge on any atom is -0.457 e. The second-order valence-electron chi connectivity index (χ2n) is 7.96. The molecule has 0 unspecified atom stereocenters. The van der Waals surface area contributed by atoms with E-state index in [0.29, 0.717) is 22.2 Å². The van der Waals surface area contributed by atoms with Crippen molar-refractivity contribution in [3.05, 3.63) is 119 Å². The molecule has 5 nitrogen and oxygen atoms in total. The van der Waals surface area contributed by atoms with Crippen LogP contribution in [0.2, 0.25) is 5.02 Å². The third-order valence-corrected chi connectivity index (χ3v) is 6.13. The van der Waals surface area contributed by atoms with Crippen molar-refractivity contribution in [1.82, 2.24) is 5.32 Å². The van der Waals surface area contributed by atoms with Gasteiger partial charge in [-0.15, -0.1) is 0 Å². The van der Waals surface area contributed by atoms with Gasteiger partial charge in [0.15, 0.2) is 5.11 Å². The van der Waals surface area contributed by atoms with Gasteiger partial charge in [-0.1, -0.05) is 66.2 Å². The van der Waals surface area contributed by atoms with Crippen molar-refractivity contribution in [1.29, 1.82) is 0 Å². The predicted octanol–water partition coefficient (Wildman–Crippen LogP) is 6.63. The number of hydrogen-bond acceptors (Lipinski definition) is 4. The SMILES string of the molecule is O=C1NC(=S)N(c2ccc(Oc3ccccc3)cc2)C(=O)/C1=C/c1ccccc1-c1ccc(Cl)cc1. The molecule has 36 heavy (non-hydrogen) atoms. The maximum Gasteiger partial charge on any atom is 0.270 e. The van der Waals surface area contributed by atoms with E-state index in [1.165, 1.54) is 4.90 Å². The summed E-state index contributed by atoms with van der Waals surface area (Å²) in [5.74, 6) is 0.256. The summed E-state index contributed by atoms with van der Waals surface area (Å²) in [6.07, 6.45) is 1.59. The monoisotopic (exact) mass is 510 g/mol. The first-order valence-corrected chi connectivity index (χ1v) is 11.9. The van der Waals surface area contributed by atoms with Gasteiger partial charge in [-0.25, -0.2) is 0 Å². The second-order valence-corrected chi connectivity index (χ2v) is 8.78. The van der Waals surface area contributed by atoms with Crippen LogP contribution in [0.1, 0.15) is 5.56 Å². The summed E-state index contributed by atoms with van der Waals surface area (Å²) >= 11 is 11.4. The molecule has 5 rings (SSSR count). The zero-order valence-electron chi connectivity index (χ0n) is 18.9. The van der Waals surface area contributed by atoms with Crippen LogP contribution in [-0.2, 0) is 9.59 Å². The quantitative estimate of drug-likeness (QED) is 0.186. The Morgan fingerprint density at radius 3 is 2.14 bits per heavy atom. The maximum atomic E-state index is 13.5. The molecule has 4 aromatic rings. The van der Waals surface area contributed by atoms with Gasteiger partial charge in [0.2, 0.25) is 0 Å². The number of rotatable bonds is 5. The molecule has 0 bridgehead atoms. The Morgan fingerprint density at radius 2 is 1.42 bits per heavy atom. The van der Waals surface area contributed by atoms with E-state index >= 15 is 0 Å². The van der Waals surface area contributed by atoms with Gasteiger partial charge in [-0.05, 0) is 83.5 Å². The molecule has 1 aliphatic heterocycles. The number of thiocarbonyl (C=S) groups is 1. The van der Waals surface area contributed by atoms with Gasteiger partial charge in [0.25, 0.3) is 11.8 Å². The molecule has 1 N–H and O–H groups in total. The zero-order valence-corrected chi connectivity index (χ0v) is 20.4. The average molecular weight is 511 g/mol. The highest BCUT2D eigenvalue weighted by molar-refractivity contribution is 7.80. The highest BCUT2D eigenvalue weighted by atomic mass is 35.5. The number of amides is 2. The summed E-state index contributed by atoms with van der Waals surface area (Å²) in [6.45, 7) is 0. The first-order chi connectivity index (χ1) is 17.5. The Balaban J connectivity index is 1.45. The average Bonchev–Trinajstić information content (AvgIpc) is 2.89. The van der Waals surface area contributed by atoms with Crippen molar-refractivity contribution in [3.63, 3.8) is 0 Å². The third kappa shape index (κ3) is 4.91. The van der Waals surface area contributed by atoms with Crippen LogP contribution in [0.5, 0.6) is 11.5 Å². The number of hydrogen-bond donors (Lipinski definition) is 1. The lowest BCUT2D eigenvalue weighted by molar-refractivity contribution is -0.122. The largest absolute Gasteiger partial charge is 0.457 e. The Kier molecular flexibility index (Phi) is 6.62. The van der Waals surface area contributed by atoms with Crippen LogP contribution in [0.15, 0.2) is 109 Å². The molecule has 1 saturated heterocycles. The summed E-state index contributed by atoms with van der Waals surface area (Å²) in [4.78, 5) is 27.6. The number of ether oxygens (including phenoxy) is 1. The van der Waals surface area contributed by atoms with Crippen LogP contribution in [0.25, 0.3) is 17.2 Å². The van der Waals surface area contributed by atoms with E-state index in [-0.39, 0.29) is 10.7 Å². The number of carbonyl (C=O) groups excluding carboxylic acids is 2. The van der Waals surface area contributed by atoms with Gasteiger partial charge in [0.1, 0.15) is 17.1 Å². The van der Waals surface area contributed by atoms with Crippen molar-refractivity contribution in [3.8, 4) is 22.6 Å². The van der Waals surface area contributed by atoms with Crippen molar-refractivity contribution in [2.75, 3.05) is 4.90 Å². The highest BCUT2D eigenvalue weighted by Gasteiger charge is 2.34.